The highest BCUT2D eigenvalue weighted by molar-refractivity contribution is 5.99. The van der Waals surface area contributed by atoms with Crippen LogP contribution in [0.5, 0.6) is 0 Å². The maximum atomic E-state index is 12.3. The second-order valence-corrected chi connectivity index (χ2v) is 4.62. The van der Waals surface area contributed by atoms with Crippen molar-refractivity contribution in [2.75, 3.05) is 13.1 Å². The summed E-state index contributed by atoms with van der Waals surface area (Å²) in [6.45, 7) is 3.12. The van der Waals surface area contributed by atoms with Gasteiger partial charge in [0.1, 0.15) is 0 Å². The van der Waals surface area contributed by atoms with Gasteiger partial charge in [0.05, 0.1) is 12.0 Å². The predicted octanol–water partition coefficient (Wildman–Crippen LogP) is 0.777. The Labute approximate surface area is 105 Å². The molecule has 1 aromatic heterocycles. The van der Waals surface area contributed by atoms with Crippen LogP contribution in [0.2, 0.25) is 0 Å². The number of carbonyl (C=O) groups is 2. The highest BCUT2D eigenvalue weighted by Crippen LogP contribution is 2.21. The van der Waals surface area contributed by atoms with E-state index in [4.69, 9.17) is 5.11 Å². The standard InChI is InChI=1S/C12H17N3O3/c1-8(12(17)18)9(15-6-2-3-7-15)10(16)11-13-4-5-14-11/h4-5,8-9H,2-3,6-7H2,1H3,(H,13,14)(H,17,18). The van der Waals surface area contributed by atoms with Crippen LogP contribution in [0.1, 0.15) is 30.4 Å². The quantitative estimate of drug-likeness (QED) is 0.755. The van der Waals surface area contributed by atoms with Gasteiger partial charge >= 0.3 is 5.97 Å². The fraction of sp³-hybridized carbons (Fsp3) is 0.583. The lowest BCUT2D eigenvalue weighted by Crippen LogP contribution is -2.46. The smallest absolute Gasteiger partial charge is 0.308 e. The number of nitrogens with zero attached hydrogens (tertiary/aromatic N) is 2. The van der Waals surface area contributed by atoms with E-state index in [-0.39, 0.29) is 11.6 Å². The van der Waals surface area contributed by atoms with Gasteiger partial charge in [-0.05, 0) is 32.9 Å². The summed E-state index contributed by atoms with van der Waals surface area (Å²) in [5, 5.41) is 9.15. The van der Waals surface area contributed by atoms with E-state index in [0.717, 1.165) is 25.9 Å². The maximum absolute atomic E-state index is 12.3. The molecule has 0 bridgehead atoms. The van der Waals surface area contributed by atoms with Gasteiger partial charge < -0.3 is 10.1 Å². The van der Waals surface area contributed by atoms with E-state index in [1.807, 2.05) is 4.90 Å². The fourth-order valence-corrected chi connectivity index (χ4v) is 2.40. The number of nitrogens with one attached hydrogen (secondary N) is 1. The lowest BCUT2D eigenvalue weighted by atomic mass is 9.96. The van der Waals surface area contributed by atoms with Crippen molar-refractivity contribution in [3.8, 4) is 0 Å². The number of Topliss-reactive ketones (excluding diaryl/α,β-unsaturated/α-hetero) is 1. The van der Waals surface area contributed by atoms with Crippen LogP contribution >= 0.6 is 0 Å². The number of aromatic amines is 1. The van der Waals surface area contributed by atoms with E-state index in [9.17, 15) is 9.59 Å². The molecule has 1 fully saturated rings. The first kappa shape index (κ1) is 12.8. The van der Waals surface area contributed by atoms with Gasteiger partial charge in [0.25, 0.3) is 0 Å². The molecule has 2 atom stereocenters. The second-order valence-electron chi connectivity index (χ2n) is 4.62. The van der Waals surface area contributed by atoms with Gasteiger partial charge in [0.15, 0.2) is 5.82 Å². The minimum absolute atomic E-state index is 0.236. The molecule has 0 saturated carbocycles. The molecule has 0 radical (unpaired) electrons. The SMILES string of the molecule is CC(C(=O)O)C(C(=O)c1ncc[nH]1)N1CCCC1. The number of rotatable bonds is 5. The molecular formula is C12H17N3O3. The minimum atomic E-state index is -0.952. The van der Waals surface area contributed by atoms with Gasteiger partial charge in [-0.3, -0.25) is 14.5 Å². The molecule has 1 saturated heterocycles. The molecule has 0 spiro atoms. The zero-order valence-corrected chi connectivity index (χ0v) is 10.3. The summed E-state index contributed by atoms with van der Waals surface area (Å²) in [4.78, 5) is 32.1. The van der Waals surface area contributed by atoms with E-state index in [1.165, 1.54) is 6.20 Å². The van der Waals surface area contributed by atoms with Crippen LogP contribution in [0.3, 0.4) is 0 Å². The molecule has 98 valence electrons. The summed E-state index contributed by atoms with van der Waals surface area (Å²) >= 11 is 0. The number of hydrogen-bond acceptors (Lipinski definition) is 4. The summed E-state index contributed by atoms with van der Waals surface area (Å²) in [6.07, 6.45) is 5.09. The monoisotopic (exact) mass is 251 g/mol. The summed E-state index contributed by atoms with van der Waals surface area (Å²) < 4.78 is 0. The van der Waals surface area contributed by atoms with Crippen LogP contribution in [0, 0.1) is 5.92 Å². The number of imidazole rings is 1. The summed E-state index contributed by atoms with van der Waals surface area (Å²) in [5.74, 6) is -1.69. The first-order chi connectivity index (χ1) is 8.61. The van der Waals surface area contributed by atoms with Gasteiger partial charge in [-0.25, -0.2) is 4.98 Å². The first-order valence-electron chi connectivity index (χ1n) is 6.11. The number of ketones is 1. The van der Waals surface area contributed by atoms with Crippen LogP contribution in [0.4, 0.5) is 0 Å². The van der Waals surface area contributed by atoms with Crippen LogP contribution in [-0.4, -0.2) is 50.9 Å². The lowest BCUT2D eigenvalue weighted by Gasteiger charge is -2.28. The molecule has 2 heterocycles. The Morgan fingerprint density at radius 2 is 2.11 bits per heavy atom. The van der Waals surface area contributed by atoms with E-state index in [1.54, 1.807) is 13.1 Å². The normalized spacial score (nSPS) is 19.6. The highest BCUT2D eigenvalue weighted by atomic mass is 16.4. The van der Waals surface area contributed by atoms with E-state index in [0.29, 0.717) is 0 Å². The van der Waals surface area contributed by atoms with Crippen molar-refractivity contribution in [1.82, 2.24) is 14.9 Å². The maximum Gasteiger partial charge on any atom is 0.308 e. The van der Waals surface area contributed by atoms with Crippen LogP contribution in [0.15, 0.2) is 12.4 Å². The van der Waals surface area contributed by atoms with Crippen molar-refractivity contribution in [3.05, 3.63) is 18.2 Å². The summed E-state index contributed by atoms with van der Waals surface area (Å²) in [7, 11) is 0. The van der Waals surface area contributed by atoms with Crippen LogP contribution in [-0.2, 0) is 4.79 Å². The third kappa shape index (κ3) is 2.43. The molecule has 6 nitrogen and oxygen atoms in total. The Balaban J connectivity index is 2.23. The average molecular weight is 251 g/mol. The van der Waals surface area contributed by atoms with Gasteiger partial charge in [-0.2, -0.15) is 0 Å². The zero-order valence-electron chi connectivity index (χ0n) is 10.3. The number of hydrogen-bond donors (Lipinski definition) is 2. The Hall–Kier alpha value is -1.69. The Kier molecular flexibility index (Phi) is 3.76. The minimum Gasteiger partial charge on any atom is -0.481 e. The molecule has 2 rings (SSSR count). The van der Waals surface area contributed by atoms with Crippen molar-refractivity contribution in [2.45, 2.75) is 25.8 Å². The van der Waals surface area contributed by atoms with Crippen molar-refractivity contribution < 1.29 is 14.7 Å². The third-order valence-corrected chi connectivity index (χ3v) is 3.40. The fourth-order valence-electron chi connectivity index (χ4n) is 2.40. The number of H-pyrrole nitrogens is 1. The molecule has 0 aromatic carbocycles. The van der Waals surface area contributed by atoms with Crippen molar-refractivity contribution in [2.24, 2.45) is 5.92 Å². The third-order valence-electron chi connectivity index (χ3n) is 3.40. The van der Waals surface area contributed by atoms with Gasteiger partial charge in [-0.1, -0.05) is 0 Å². The zero-order chi connectivity index (χ0) is 13.1. The van der Waals surface area contributed by atoms with E-state index >= 15 is 0 Å². The largest absolute Gasteiger partial charge is 0.481 e. The lowest BCUT2D eigenvalue weighted by molar-refractivity contribution is -0.142. The van der Waals surface area contributed by atoms with Crippen LogP contribution in [0.25, 0.3) is 0 Å². The van der Waals surface area contributed by atoms with Crippen molar-refractivity contribution in [1.29, 1.82) is 0 Å². The molecule has 2 N–H and O–H groups in total. The molecule has 1 aliphatic heterocycles. The molecule has 0 amide bonds. The Morgan fingerprint density at radius 3 is 2.61 bits per heavy atom. The number of carboxylic acid groups (broad SMARTS) is 1. The van der Waals surface area contributed by atoms with Gasteiger partial charge in [-0.15, -0.1) is 0 Å². The van der Waals surface area contributed by atoms with Crippen LogP contribution < -0.4 is 0 Å². The number of carbonyl (C=O) groups excluding carboxylic acids is 1. The number of aromatic nitrogens is 2. The van der Waals surface area contributed by atoms with Gasteiger partial charge in [0.2, 0.25) is 5.78 Å². The molecule has 0 aliphatic carbocycles. The first-order valence-corrected chi connectivity index (χ1v) is 6.11. The topological polar surface area (TPSA) is 86.3 Å². The molecule has 6 heteroatoms. The molecule has 1 aliphatic rings. The molecular weight excluding hydrogens is 234 g/mol. The average Bonchev–Trinajstić information content (AvgIpc) is 3.01. The van der Waals surface area contributed by atoms with Gasteiger partial charge in [0, 0.05) is 12.4 Å². The molecule has 18 heavy (non-hydrogen) atoms. The second kappa shape index (κ2) is 5.30. The van der Waals surface area contributed by atoms with Crippen molar-refractivity contribution >= 4 is 11.8 Å². The molecule has 1 aromatic rings. The Bertz CT molecular complexity index is 424. The number of aliphatic carboxylic acids is 1. The Morgan fingerprint density at radius 1 is 1.44 bits per heavy atom. The van der Waals surface area contributed by atoms with E-state index in [2.05, 4.69) is 9.97 Å². The molecule has 2 unspecified atom stereocenters. The predicted molar refractivity (Wildman–Crippen MR) is 64.3 cm³/mol. The highest BCUT2D eigenvalue weighted by Gasteiger charge is 2.37. The number of carboxylic acids is 1. The van der Waals surface area contributed by atoms with Crippen molar-refractivity contribution in [3.63, 3.8) is 0 Å². The number of likely N-dealkylation sites (tertiary alicyclic amines) is 1. The summed E-state index contributed by atoms with van der Waals surface area (Å²) in [6, 6.07) is -0.629. The van der Waals surface area contributed by atoms with E-state index < -0.39 is 17.9 Å². The summed E-state index contributed by atoms with van der Waals surface area (Å²) in [5.41, 5.74) is 0.